The second-order valence-electron chi connectivity index (χ2n) is 4.28. The maximum Gasteiger partial charge on any atom is 0.128 e. The highest BCUT2D eigenvalue weighted by atomic mass is 15.1. The number of pyridine rings is 1. The van der Waals surface area contributed by atoms with Gasteiger partial charge in [-0.2, -0.15) is 0 Å². The van der Waals surface area contributed by atoms with E-state index in [0.29, 0.717) is 0 Å². The minimum absolute atomic E-state index is 0.796. The number of nitrogens with zero attached hydrogens (tertiary/aromatic N) is 1. The molecule has 2 N–H and O–H groups in total. The first kappa shape index (κ1) is 12.4. The zero-order chi connectivity index (χ0) is 12.8. The van der Waals surface area contributed by atoms with Crippen LogP contribution < -0.4 is 10.6 Å². The Balaban J connectivity index is 1.99. The van der Waals surface area contributed by atoms with E-state index in [-0.39, 0.29) is 0 Å². The molecular formula is C15H19N3. The van der Waals surface area contributed by atoms with Gasteiger partial charge in [0.05, 0.1) is 0 Å². The Kier molecular flexibility index (Phi) is 4.18. The molecule has 18 heavy (non-hydrogen) atoms. The highest BCUT2D eigenvalue weighted by Gasteiger charge is 1.97. The Labute approximate surface area is 108 Å². The fourth-order valence-electron chi connectivity index (χ4n) is 1.83. The molecule has 0 amide bonds. The predicted octanol–water partition coefficient (Wildman–Crippen LogP) is 3.43. The summed E-state index contributed by atoms with van der Waals surface area (Å²) in [4.78, 5) is 4.48. The van der Waals surface area contributed by atoms with Crippen molar-refractivity contribution in [2.75, 3.05) is 17.2 Å². The summed E-state index contributed by atoms with van der Waals surface area (Å²) in [6, 6.07) is 14.4. The molecule has 0 aliphatic carbocycles. The van der Waals surface area contributed by atoms with Crippen molar-refractivity contribution < 1.29 is 0 Å². The molecule has 3 heteroatoms. The van der Waals surface area contributed by atoms with E-state index in [1.807, 2.05) is 18.2 Å². The highest BCUT2D eigenvalue weighted by Crippen LogP contribution is 2.11. The van der Waals surface area contributed by atoms with Gasteiger partial charge in [0, 0.05) is 13.1 Å². The third-order valence-corrected chi connectivity index (χ3v) is 2.66. The zero-order valence-electron chi connectivity index (χ0n) is 10.9. The normalized spacial score (nSPS) is 10.1. The van der Waals surface area contributed by atoms with Gasteiger partial charge >= 0.3 is 0 Å². The second kappa shape index (κ2) is 6.05. The third-order valence-electron chi connectivity index (χ3n) is 2.66. The maximum absolute atomic E-state index is 4.48. The standard InChI is InChI=1S/C15H19N3/c1-3-16-14-8-5-9-15(18-14)17-11-13-7-4-6-12(2)10-13/h4-10H,3,11H2,1-2H3,(H2,16,17,18). The van der Waals surface area contributed by atoms with E-state index in [9.17, 15) is 0 Å². The SMILES string of the molecule is CCNc1cccc(NCc2cccc(C)c2)n1. The number of rotatable bonds is 5. The van der Waals surface area contributed by atoms with E-state index in [1.165, 1.54) is 11.1 Å². The van der Waals surface area contributed by atoms with Gasteiger partial charge in [0.2, 0.25) is 0 Å². The van der Waals surface area contributed by atoms with Crippen LogP contribution in [0.3, 0.4) is 0 Å². The number of anilines is 2. The molecule has 1 heterocycles. The van der Waals surface area contributed by atoms with E-state index >= 15 is 0 Å². The Morgan fingerprint density at radius 3 is 2.44 bits per heavy atom. The zero-order valence-corrected chi connectivity index (χ0v) is 10.9. The van der Waals surface area contributed by atoms with Gasteiger partial charge in [0.15, 0.2) is 0 Å². The lowest BCUT2D eigenvalue weighted by Crippen LogP contribution is -2.04. The summed E-state index contributed by atoms with van der Waals surface area (Å²) in [5.74, 6) is 1.81. The van der Waals surface area contributed by atoms with Gasteiger partial charge in [0.25, 0.3) is 0 Å². The first-order chi connectivity index (χ1) is 8.78. The molecule has 0 atom stereocenters. The summed E-state index contributed by atoms with van der Waals surface area (Å²) < 4.78 is 0. The number of aromatic nitrogens is 1. The van der Waals surface area contributed by atoms with Crippen LogP contribution in [-0.2, 0) is 6.54 Å². The summed E-state index contributed by atoms with van der Waals surface area (Å²) in [6.45, 7) is 5.85. The second-order valence-corrected chi connectivity index (χ2v) is 4.28. The first-order valence-electron chi connectivity index (χ1n) is 6.28. The van der Waals surface area contributed by atoms with Gasteiger partial charge in [0.1, 0.15) is 11.6 Å². The van der Waals surface area contributed by atoms with Gasteiger partial charge in [-0.05, 0) is 31.5 Å². The van der Waals surface area contributed by atoms with E-state index in [1.54, 1.807) is 0 Å². The number of nitrogens with one attached hydrogen (secondary N) is 2. The summed E-state index contributed by atoms with van der Waals surface area (Å²) in [5.41, 5.74) is 2.55. The molecule has 0 fully saturated rings. The molecule has 0 saturated carbocycles. The van der Waals surface area contributed by atoms with Crippen LogP contribution in [0.2, 0.25) is 0 Å². The minimum Gasteiger partial charge on any atom is -0.370 e. The lowest BCUT2D eigenvalue weighted by atomic mass is 10.1. The summed E-state index contributed by atoms with van der Waals surface area (Å²) in [7, 11) is 0. The average molecular weight is 241 g/mol. The average Bonchev–Trinajstić information content (AvgIpc) is 2.37. The molecule has 1 aromatic heterocycles. The largest absolute Gasteiger partial charge is 0.370 e. The lowest BCUT2D eigenvalue weighted by molar-refractivity contribution is 1.09. The molecule has 2 rings (SSSR count). The molecule has 0 unspecified atom stereocenters. The van der Waals surface area contributed by atoms with E-state index < -0.39 is 0 Å². The number of hydrogen-bond donors (Lipinski definition) is 2. The fraction of sp³-hybridized carbons (Fsp3) is 0.267. The van der Waals surface area contributed by atoms with Crippen LogP contribution in [0.15, 0.2) is 42.5 Å². The Hall–Kier alpha value is -2.03. The molecule has 0 spiro atoms. The minimum atomic E-state index is 0.796. The highest BCUT2D eigenvalue weighted by molar-refractivity contribution is 5.45. The molecule has 0 aliphatic rings. The summed E-state index contributed by atoms with van der Waals surface area (Å²) >= 11 is 0. The molecule has 0 radical (unpaired) electrons. The van der Waals surface area contributed by atoms with Crippen LogP contribution in [-0.4, -0.2) is 11.5 Å². The van der Waals surface area contributed by atoms with Crippen molar-refractivity contribution in [3.63, 3.8) is 0 Å². The first-order valence-corrected chi connectivity index (χ1v) is 6.28. The van der Waals surface area contributed by atoms with E-state index in [2.05, 4.69) is 53.7 Å². The van der Waals surface area contributed by atoms with Crippen LogP contribution in [0, 0.1) is 6.92 Å². The van der Waals surface area contributed by atoms with Gasteiger partial charge in [-0.3, -0.25) is 0 Å². The van der Waals surface area contributed by atoms with Crippen LogP contribution in [0.25, 0.3) is 0 Å². The van der Waals surface area contributed by atoms with Gasteiger partial charge in [-0.15, -0.1) is 0 Å². The summed E-state index contributed by atoms with van der Waals surface area (Å²) in [5, 5.41) is 6.54. The Bertz CT molecular complexity index is 509. The van der Waals surface area contributed by atoms with Crippen LogP contribution in [0.5, 0.6) is 0 Å². The number of aryl methyl sites for hydroxylation is 1. The van der Waals surface area contributed by atoms with Crippen LogP contribution >= 0.6 is 0 Å². The Morgan fingerprint density at radius 1 is 1.00 bits per heavy atom. The molecule has 3 nitrogen and oxygen atoms in total. The molecule has 2 aromatic rings. The summed E-state index contributed by atoms with van der Waals surface area (Å²) in [6.07, 6.45) is 0. The van der Waals surface area contributed by atoms with Gasteiger partial charge < -0.3 is 10.6 Å². The Morgan fingerprint density at radius 2 is 1.72 bits per heavy atom. The van der Waals surface area contributed by atoms with Crippen LogP contribution in [0.1, 0.15) is 18.1 Å². The third kappa shape index (κ3) is 3.48. The molecule has 0 saturated heterocycles. The molecule has 0 bridgehead atoms. The van der Waals surface area contributed by atoms with E-state index in [4.69, 9.17) is 0 Å². The lowest BCUT2D eigenvalue weighted by Gasteiger charge is -2.08. The molecule has 94 valence electrons. The predicted molar refractivity (Wildman–Crippen MR) is 76.9 cm³/mol. The molecule has 0 aliphatic heterocycles. The van der Waals surface area contributed by atoms with Crippen molar-refractivity contribution in [3.05, 3.63) is 53.6 Å². The molecule has 1 aromatic carbocycles. The smallest absolute Gasteiger partial charge is 0.128 e. The quantitative estimate of drug-likeness (QED) is 0.842. The monoisotopic (exact) mass is 241 g/mol. The van der Waals surface area contributed by atoms with Crippen molar-refractivity contribution in [2.45, 2.75) is 20.4 Å². The van der Waals surface area contributed by atoms with Crippen LogP contribution in [0.4, 0.5) is 11.6 Å². The maximum atomic E-state index is 4.48. The van der Waals surface area contributed by atoms with Gasteiger partial charge in [-0.25, -0.2) is 4.98 Å². The fourth-order valence-corrected chi connectivity index (χ4v) is 1.83. The van der Waals surface area contributed by atoms with Crippen molar-refractivity contribution in [2.24, 2.45) is 0 Å². The van der Waals surface area contributed by atoms with Crippen molar-refractivity contribution in [1.29, 1.82) is 0 Å². The van der Waals surface area contributed by atoms with Crippen molar-refractivity contribution in [3.8, 4) is 0 Å². The topological polar surface area (TPSA) is 37.0 Å². The van der Waals surface area contributed by atoms with Gasteiger partial charge in [-0.1, -0.05) is 35.9 Å². The van der Waals surface area contributed by atoms with E-state index in [0.717, 1.165) is 24.7 Å². The van der Waals surface area contributed by atoms with Crippen molar-refractivity contribution in [1.82, 2.24) is 4.98 Å². The number of hydrogen-bond acceptors (Lipinski definition) is 3. The molecular weight excluding hydrogens is 222 g/mol. The van der Waals surface area contributed by atoms with Crippen molar-refractivity contribution >= 4 is 11.6 Å². The number of benzene rings is 1.